The maximum atomic E-state index is 13.1. The van der Waals surface area contributed by atoms with Crippen molar-refractivity contribution in [3.63, 3.8) is 0 Å². The van der Waals surface area contributed by atoms with E-state index in [0.29, 0.717) is 37.5 Å². The van der Waals surface area contributed by atoms with E-state index in [1.807, 2.05) is 19.4 Å². The van der Waals surface area contributed by atoms with Crippen LogP contribution < -0.4 is 5.32 Å². The molecule has 0 spiro atoms. The summed E-state index contributed by atoms with van der Waals surface area (Å²) in [6.45, 7) is 1.76. The number of rotatable bonds is 4. The van der Waals surface area contributed by atoms with Gasteiger partial charge in [-0.2, -0.15) is 5.10 Å². The van der Waals surface area contributed by atoms with Gasteiger partial charge in [0.1, 0.15) is 0 Å². The fraction of sp³-hybridized carbons (Fsp3) is 0.412. The predicted molar refractivity (Wildman–Crippen MR) is 85.6 cm³/mol. The number of hydrogen-bond donors (Lipinski definition) is 1. The minimum Gasteiger partial charge on any atom is -0.338 e. The number of aromatic nitrogens is 2. The summed E-state index contributed by atoms with van der Waals surface area (Å²) in [5.41, 5.74) is 1.80. The van der Waals surface area contributed by atoms with Crippen LogP contribution in [0, 0.1) is 11.6 Å². The first kappa shape index (κ1) is 16.4. The second-order valence-electron chi connectivity index (χ2n) is 6.11. The molecule has 2 aromatic rings. The summed E-state index contributed by atoms with van der Waals surface area (Å²) in [6, 6.07) is 3.67. The maximum absolute atomic E-state index is 13.1. The Morgan fingerprint density at radius 1 is 1.38 bits per heavy atom. The van der Waals surface area contributed by atoms with Gasteiger partial charge in [-0.3, -0.25) is 4.68 Å². The van der Waals surface area contributed by atoms with Crippen molar-refractivity contribution in [2.24, 2.45) is 7.05 Å². The molecule has 5 nitrogen and oxygen atoms in total. The first-order chi connectivity index (χ1) is 11.5. The zero-order valence-corrected chi connectivity index (χ0v) is 13.5. The lowest BCUT2D eigenvalue weighted by atomic mass is 10.0. The molecule has 0 radical (unpaired) electrons. The predicted octanol–water partition coefficient (Wildman–Crippen LogP) is 2.44. The lowest BCUT2D eigenvalue weighted by Crippen LogP contribution is -2.39. The summed E-state index contributed by atoms with van der Waals surface area (Å²) in [7, 11) is 1.88. The van der Waals surface area contributed by atoms with E-state index in [2.05, 4.69) is 10.4 Å². The summed E-state index contributed by atoms with van der Waals surface area (Å²) in [5.74, 6) is -1.41. The standard InChI is InChI=1S/C17H20F2N4O/c1-22-10-14(9-21-22)13-5-7-23(11-13)17(24)20-6-4-12-2-3-15(18)16(19)8-12/h2-3,8-10,13H,4-7,11H2,1H3,(H,20,24)/t13-/m1/s1. The van der Waals surface area contributed by atoms with Crippen molar-refractivity contribution < 1.29 is 13.6 Å². The van der Waals surface area contributed by atoms with Gasteiger partial charge >= 0.3 is 6.03 Å². The molecule has 1 aromatic carbocycles. The molecule has 0 aliphatic carbocycles. The lowest BCUT2D eigenvalue weighted by molar-refractivity contribution is 0.208. The van der Waals surface area contributed by atoms with E-state index in [4.69, 9.17) is 0 Å². The molecule has 24 heavy (non-hydrogen) atoms. The average Bonchev–Trinajstić information content (AvgIpc) is 3.19. The van der Waals surface area contributed by atoms with E-state index < -0.39 is 11.6 Å². The van der Waals surface area contributed by atoms with Gasteiger partial charge in [0.05, 0.1) is 6.20 Å². The first-order valence-electron chi connectivity index (χ1n) is 7.98. The van der Waals surface area contributed by atoms with Crippen LogP contribution in [0.1, 0.15) is 23.5 Å². The number of likely N-dealkylation sites (tertiary alicyclic amines) is 1. The number of carbonyl (C=O) groups excluding carboxylic acids is 1. The molecular weight excluding hydrogens is 314 g/mol. The van der Waals surface area contributed by atoms with Crippen LogP contribution >= 0.6 is 0 Å². The zero-order valence-electron chi connectivity index (χ0n) is 13.5. The Morgan fingerprint density at radius 3 is 2.92 bits per heavy atom. The Morgan fingerprint density at radius 2 is 2.21 bits per heavy atom. The van der Waals surface area contributed by atoms with Gasteiger partial charge in [0.25, 0.3) is 0 Å². The van der Waals surface area contributed by atoms with E-state index in [0.717, 1.165) is 24.1 Å². The molecule has 0 saturated carbocycles. The highest BCUT2D eigenvalue weighted by Crippen LogP contribution is 2.26. The molecule has 1 N–H and O–H groups in total. The highest BCUT2D eigenvalue weighted by atomic mass is 19.2. The Balaban J connectivity index is 1.46. The van der Waals surface area contributed by atoms with Crippen molar-refractivity contribution in [3.05, 3.63) is 53.4 Å². The molecule has 0 unspecified atom stereocenters. The van der Waals surface area contributed by atoms with Gasteiger partial charge in [0, 0.05) is 38.8 Å². The molecule has 1 atom stereocenters. The fourth-order valence-corrected chi connectivity index (χ4v) is 2.99. The number of carbonyl (C=O) groups is 1. The third kappa shape index (κ3) is 3.72. The lowest BCUT2D eigenvalue weighted by Gasteiger charge is -2.17. The van der Waals surface area contributed by atoms with Crippen molar-refractivity contribution in [2.75, 3.05) is 19.6 Å². The minimum absolute atomic E-state index is 0.121. The molecule has 128 valence electrons. The van der Waals surface area contributed by atoms with Crippen LogP contribution in [-0.4, -0.2) is 40.3 Å². The van der Waals surface area contributed by atoms with E-state index >= 15 is 0 Å². The third-order valence-electron chi connectivity index (χ3n) is 4.35. The molecule has 3 rings (SSSR count). The molecule has 1 aliphatic heterocycles. The highest BCUT2D eigenvalue weighted by molar-refractivity contribution is 5.74. The smallest absolute Gasteiger partial charge is 0.317 e. The molecule has 1 aliphatic rings. The Bertz CT molecular complexity index is 731. The third-order valence-corrected chi connectivity index (χ3v) is 4.35. The zero-order chi connectivity index (χ0) is 17.1. The van der Waals surface area contributed by atoms with Gasteiger partial charge in [-0.05, 0) is 36.1 Å². The van der Waals surface area contributed by atoms with Crippen molar-refractivity contribution in [2.45, 2.75) is 18.8 Å². The number of aryl methyl sites for hydroxylation is 1. The molecule has 1 saturated heterocycles. The van der Waals surface area contributed by atoms with Crippen LogP contribution in [0.4, 0.5) is 13.6 Å². The summed E-state index contributed by atoms with van der Waals surface area (Å²) < 4.78 is 27.8. The second-order valence-corrected chi connectivity index (χ2v) is 6.11. The van der Waals surface area contributed by atoms with Crippen LogP contribution in [0.3, 0.4) is 0 Å². The van der Waals surface area contributed by atoms with Gasteiger partial charge in [-0.15, -0.1) is 0 Å². The number of halogens is 2. The monoisotopic (exact) mass is 334 g/mol. The number of nitrogens with zero attached hydrogens (tertiary/aromatic N) is 3. The highest BCUT2D eigenvalue weighted by Gasteiger charge is 2.27. The number of urea groups is 1. The Labute approximate surface area is 139 Å². The second kappa shape index (κ2) is 6.98. The number of benzene rings is 1. The quantitative estimate of drug-likeness (QED) is 0.934. The van der Waals surface area contributed by atoms with E-state index in [-0.39, 0.29) is 6.03 Å². The van der Waals surface area contributed by atoms with Gasteiger partial charge < -0.3 is 10.2 Å². The van der Waals surface area contributed by atoms with Crippen LogP contribution in [-0.2, 0) is 13.5 Å². The minimum atomic E-state index is -0.863. The first-order valence-corrected chi connectivity index (χ1v) is 7.98. The Hall–Kier alpha value is -2.44. The van der Waals surface area contributed by atoms with E-state index in [1.54, 1.807) is 9.58 Å². The van der Waals surface area contributed by atoms with Crippen molar-refractivity contribution in [3.8, 4) is 0 Å². The van der Waals surface area contributed by atoms with Crippen LogP contribution in [0.25, 0.3) is 0 Å². The summed E-state index contributed by atoms with van der Waals surface area (Å²) in [6.07, 6.45) is 5.20. The molecule has 0 bridgehead atoms. The van der Waals surface area contributed by atoms with Crippen molar-refractivity contribution >= 4 is 6.03 Å². The molecular formula is C17H20F2N4O. The van der Waals surface area contributed by atoms with Crippen LogP contribution in [0.5, 0.6) is 0 Å². The van der Waals surface area contributed by atoms with Crippen molar-refractivity contribution in [1.82, 2.24) is 20.0 Å². The van der Waals surface area contributed by atoms with E-state index in [9.17, 15) is 13.6 Å². The maximum Gasteiger partial charge on any atom is 0.317 e. The normalized spacial score (nSPS) is 17.3. The van der Waals surface area contributed by atoms with Crippen LogP contribution in [0.2, 0.25) is 0 Å². The molecule has 1 aromatic heterocycles. The summed E-state index contributed by atoms with van der Waals surface area (Å²) in [5, 5.41) is 7.00. The number of amides is 2. The van der Waals surface area contributed by atoms with Crippen LogP contribution in [0.15, 0.2) is 30.6 Å². The molecule has 2 amide bonds. The Kier molecular flexibility index (Phi) is 4.78. The fourth-order valence-electron chi connectivity index (χ4n) is 2.99. The summed E-state index contributed by atoms with van der Waals surface area (Å²) in [4.78, 5) is 14.0. The van der Waals surface area contributed by atoms with Gasteiger partial charge in [0.15, 0.2) is 11.6 Å². The van der Waals surface area contributed by atoms with Gasteiger partial charge in [-0.25, -0.2) is 13.6 Å². The van der Waals surface area contributed by atoms with Gasteiger partial charge in [-0.1, -0.05) is 6.07 Å². The largest absolute Gasteiger partial charge is 0.338 e. The average molecular weight is 334 g/mol. The summed E-state index contributed by atoms with van der Waals surface area (Å²) >= 11 is 0. The van der Waals surface area contributed by atoms with Crippen molar-refractivity contribution in [1.29, 1.82) is 0 Å². The molecule has 1 fully saturated rings. The number of nitrogens with one attached hydrogen (secondary N) is 1. The molecule has 2 heterocycles. The SMILES string of the molecule is Cn1cc([C@@H]2CCN(C(=O)NCCc3ccc(F)c(F)c3)C2)cn1. The topological polar surface area (TPSA) is 50.2 Å². The number of hydrogen-bond acceptors (Lipinski definition) is 2. The van der Waals surface area contributed by atoms with E-state index in [1.165, 1.54) is 6.07 Å². The van der Waals surface area contributed by atoms with Gasteiger partial charge in [0.2, 0.25) is 0 Å². The molecule has 7 heteroatoms.